The number of hydrogen-bond acceptors (Lipinski definition) is 3. The van der Waals surface area contributed by atoms with Gasteiger partial charge in [-0.05, 0) is 32.2 Å². The Morgan fingerprint density at radius 2 is 1.94 bits per heavy atom. The number of rotatable bonds is 2. The maximum Gasteiger partial charge on any atom is 0.224 e. The molecule has 102 valence electrons. The molecule has 3 aliphatic rings. The molecular formula is C14H25N3O. The summed E-state index contributed by atoms with van der Waals surface area (Å²) < 4.78 is 0. The quantitative estimate of drug-likeness (QED) is 0.795. The zero-order valence-corrected chi connectivity index (χ0v) is 11.2. The molecule has 0 aromatic rings. The molecule has 1 aliphatic carbocycles. The van der Waals surface area contributed by atoms with Gasteiger partial charge in [-0.3, -0.25) is 9.69 Å². The number of carbonyl (C=O) groups is 1. The molecule has 1 amide bonds. The largest absolute Gasteiger partial charge is 0.340 e. The molecule has 4 heteroatoms. The molecule has 2 aliphatic heterocycles. The van der Waals surface area contributed by atoms with Gasteiger partial charge in [-0.25, -0.2) is 0 Å². The summed E-state index contributed by atoms with van der Waals surface area (Å²) in [7, 11) is 0. The maximum atomic E-state index is 12.4. The van der Waals surface area contributed by atoms with Crippen molar-refractivity contribution < 1.29 is 4.79 Å². The SMILES string of the molecule is NC1(CC(=O)N2CCN3CCCC3C2)CCCC1. The predicted molar refractivity (Wildman–Crippen MR) is 71.2 cm³/mol. The third-order valence-corrected chi connectivity index (χ3v) is 5.04. The Kier molecular flexibility index (Phi) is 3.32. The van der Waals surface area contributed by atoms with Crippen LogP contribution in [0.2, 0.25) is 0 Å². The lowest BCUT2D eigenvalue weighted by Crippen LogP contribution is -2.54. The van der Waals surface area contributed by atoms with Crippen molar-refractivity contribution in [3.8, 4) is 0 Å². The summed E-state index contributed by atoms with van der Waals surface area (Å²) in [6.45, 7) is 4.14. The summed E-state index contributed by atoms with van der Waals surface area (Å²) in [5.41, 5.74) is 6.12. The lowest BCUT2D eigenvalue weighted by Gasteiger charge is -2.38. The Labute approximate surface area is 109 Å². The molecular weight excluding hydrogens is 226 g/mol. The van der Waals surface area contributed by atoms with Gasteiger partial charge < -0.3 is 10.6 Å². The molecule has 1 unspecified atom stereocenters. The lowest BCUT2D eigenvalue weighted by atomic mass is 9.93. The Balaban J connectivity index is 1.56. The smallest absolute Gasteiger partial charge is 0.224 e. The van der Waals surface area contributed by atoms with Crippen molar-refractivity contribution in [1.82, 2.24) is 9.80 Å². The van der Waals surface area contributed by atoms with Gasteiger partial charge in [-0.15, -0.1) is 0 Å². The van der Waals surface area contributed by atoms with Crippen LogP contribution in [0, 0.1) is 0 Å². The fraction of sp³-hybridized carbons (Fsp3) is 0.929. The van der Waals surface area contributed by atoms with Gasteiger partial charge in [-0.2, -0.15) is 0 Å². The van der Waals surface area contributed by atoms with Gasteiger partial charge in [0, 0.05) is 37.6 Å². The molecule has 0 bridgehead atoms. The highest BCUT2D eigenvalue weighted by molar-refractivity contribution is 5.77. The van der Waals surface area contributed by atoms with Crippen LogP contribution in [-0.4, -0.2) is 53.5 Å². The molecule has 3 fully saturated rings. The summed E-state index contributed by atoms with van der Waals surface area (Å²) in [4.78, 5) is 17.0. The Morgan fingerprint density at radius 1 is 1.17 bits per heavy atom. The van der Waals surface area contributed by atoms with Crippen LogP contribution in [0.25, 0.3) is 0 Å². The van der Waals surface area contributed by atoms with Crippen LogP contribution in [0.15, 0.2) is 0 Å². The molecule has 4 nitrogen and oxygen atoms in total. The van der Waals surface area contributed by atoms with E-state index in [4.69, 9.17) is 5.73 Å². The topological polar surface area (TPSA) is 49.6 Å². The van der Waals surface area contributed by atoms with Crippen molar-refractivity contribution in [2.45, 2.75) is 56.5 Å². The van der Waals surface area contributed by atoms with E-state index < -0.39 is 0 Å². The van der Waals surface area contributed by atoms with Crippen molar-refractivity contribution >= 4 is 5.91 Å². The molecule has 2 N–H and O–H groups in total. The first-order chi connectivity index (χ1) is 8.66. The number of hydrogen-bond donors (Lipinski definition) is 1. The molecule has 2 saturated heterocycles. The molecule has 3 rings (SSSR count). The normalized spacial score (nSPS) is 31.6. The van der Waals surface area contributed by atoms with Crippen molar-refractivity contribution in [3.05, 3.63) is 0 Å². The van der Waals surface area contributed by atoms with Crippen LogP contribution < -0.4 is 5.73 Å². The van der Waals surface area contributed by atoms with E-state index in [2.05, 4.69) is 9.80 Å². The average molecular weight is 251 g/mol. The zero-order chi connectivity index (χ0) is 12.6. The van der Waals surface area contributed by atoms with E-state index in [-0.39, 0.29) is 5.54 Å². The van der Waals surface area contributed by atoms with Crippen molar-refractivity contribution in [1.29, 1.82) is 0 Å². The van der Waals surface area contributed by atoms with E-state index >= 15 is 0 Å². The monoisotopic (exact) mass is 251 g/mol. The minimum absolute atomic E-state index is 0.191. The second-order valence-corrected chi connectivity index (χ2v) is 6.42. The van der Waals surface area contributed by atoms with Gasteiger partial charge in [0.1, 0.15) is 0 Å². The number of nitrogens with two attached hydrogens (primary N) is 1. The first-order valence-corrected chi connectivity index (χ1v) is 7.47. The Bertz CT molecular complexity index is 325. The van der Waals surface area contributed by atoms with Gasteiger partial charge >= 0.3 is 0 Å². The van der Waals surface area contributed by atoms with E-state index in [1.54, 1.807) is 0 Å². The zero-order valence-electron chi connectivity index (χ0n) is 11.2. The third-order valence-electron chi connectivity index (χ3n) is 5.04. The number of nitrogens with zero attached hydrogens (tertiary/aromatic N) is 2. The highest BCUT2D eigenvalue weighted by Crippen LogP contribution is 2.31. The van der Waals surface area contributed by atoms with Gasteiger partial charge in [0.05, 0.1) is 0 Å². The molecule has 0 aromatic carbocycles. The second kappa shape index (κ2) is 4.82. The van der Waals surface area contributed by atoms with Crippen molar-refractivity contribution in [3.63, 3.8) is 0 Å². The fourth-order valence-electron chi connectivity index (χ4n) is 3.89. The Hall–Kier alpha value is -0.610. The molecule has 1 saturated carbocycles. The third kappa shape index (κ3) is 2.41. The van der Waals surface area contributed by atoms with E-state index in [0.29, 0.717) is 18.4 Å². The maximum absolute atomic E-state index is 12.4. The van der Waals surface area contributed by atoms with Gasteiger partial charge in [0.2, 0.25) is 5.91 Å². The molecule has 0 aromatic heterocycles. The van der Waals surface area contributed by atoms with Crippen molar-refractivity contribution in [2.24, 2.45) is 5.73 Å². The van der Waals surface area contributed by atoms with Crippen LogP contribution in [0.3, 0.4) is 0 Å². The highest BCUT2D eigenvalue weighted by Gasteiger charge is 2.36. The second-order valence-electron chi connectivity index (χ2n) is 6.42. The molecule has 2 heterocycles. The minimum atomic E-state index is -0.191. The summed E-state index contributed by atoms with van der Waals surface area (Å²) in [6.07, 6.45) is 7.58. The highest BCUT2D eigenvalue weighted by atomic mass is 16.2. The van der Waals surface area contributed by atoms with E-state index in [1.165, 1.54) is 32.2 Å². The fourth-order valence-corrected chi connectivity index (χ4v) is 3.89. The van der Waals surface area contributed by atoms with Gasteiger partial charge in [0.25, 0.3) is 0 Å². The van der Waals surface area contributed by atoms with Crippen LogP contribution in [-0.2, 0) is 4.79 Å². The van der Waals surface area contributed by atoms with Crippen molar-refractivity contribution in [2.75, 3.05) is 26.2 Å². The summed E-state index contributed by atoms with van der Waals surface area (Å²) in [5, 5.41) is 0. The summed E-state index contributed by atoms with van der Waals surface area (Å²) >= 11 is 0. The van der Waals surface area contributed by atoms with Crippen LogP contribution in [0.1, 0.15) is 44.9 Å². The number of fused-ring (bicyclic) bond motifs is 1. The molecule has 0 spiro atoms. The standard InChI is InChI=1S/C14H25N3O/c15-14(5-1-2-6-14)10-13(18)17-9-8-16-7-3-4-12(16)11-17/h12H,1-11,15H2. The van der Waals surface area contributed by atoms with E-state index in [1.807, 2.05) is 0 Å². The Morgan fingerprint density at radius 3 is 2.72 bits per heavy atom. The van der Waals surface area contributed by atoms with Crippen LogP contribution >= 0.6 is 0 Å². The van der Waals surface area contributed by atoms with Crippen LogP contribution in [0.5, 0.6) is 0 Å². The lowest BCUT2D eigenvalue weighted by molar-refractivity contribution is -0.135. The number of amides is 1. The van der Waals surface area contributed by atoms with Gasteiger partial charge in [0.15, 0.2) is 0 Å². The minimum Gasteiger partial charge on any atom is -0.340 e. The van der Waals surface area contributed by atoms with E-state index in [0.717, 1.165) is 32.5 Å². The molecule has 0 radical (unpaired) electrons. The average Bonchev–Trinajstić information content (AvgIpc) is 2.96. The van der Waals surface area contributed by atoms with Crippen LogP contribution in [0.4, 0.5) is 0 Å². The molecule has 1 atom stereocenters. The van der Waals surface area contributed by atoms with Gasteiger partial charge in [-0.1, -0.05) is 12.8 Å². The number of carbonyl (C=O) groups excluding carboxylic acids is 1. The summed E-state index contributed by atoms with van der Waals surface area (Å²) in [5.74, 6) is 0.297. The first-order valence-electron chi connectivity index (χ1n) is 7.47. The predicted octanol–water partition coefficient (Wildman–Crippen LogP) is 0.955. The van der Waals surface area contributed by atoms with E-state index in [9.17, 15) is 4.79 Å². The number of piperazine rings is 1. The first kappa shape index (κ1) is 12.4. The summed E-state index contributed by atoms with van der Waals surface area (Å²) in [6, 6.07) is 0.625. The molecule has 18 heavy (non-hydrogen) atoms.